The number of nitrogens with one attached hydrogen (secondary N) is 1. The molecule has 6 heteroatoms. The Morgan fingerprint density at radius 3 is 3.10 bits per heavy atom. The molecule has 0 saturated heterocycles. The lowest BCUT2D eigenvalue weighted by atomic mass is 10.3. The molecule has 0 unspecified atom stereocenters. The molecular weight excluding hydrogens is 292 g/mol. The molecule has 0 aliphatic carbocycles. The van der Waals surface area contributed by atoms with Gasteiger partial charge in [-0.1, -0.05) is 18.5 Å². The second-order valence-corrected chi connectivity index (χ2v) is 5.81. The fourth-order valence-electron chi connectivity index (χ4n) is 2.19. The predicted molar refractivity (Wildman–Crippen MR) is 84.5 cm³/mol. The summed E-state index contributed by atoms with van der Waals surface area (Å²) < 4.78 is 3.29. The Balaban J connectivity index is 1.84. The Labute approximate surface area is 126 Å². The monoisotopic (exact) mass is 306 g/mol. The molecule has 0 saturated carbocycles. The summed E-state index contributed by atoms with van der Waals surface area (Å²) in [6.07, 6.45) is 4.93. The fraction of sp³-hybridized carbons (Fsp3) is 0.286. The highest BCUT2D eigenvalue weighted by atomic mass is 35.5. The van der Waals surface area contributed by atoms with E-state index in [9.17, 15) is 0 Å². The minimum absolute atomic E-state index is 0.642. The normalized spacial score (nSPS) is 11.1. The van der Waals surface area contributed by atoms with Crippen LogP contribution in [0.4, 0.5) is 5.69 Å². The molecule has 0 aliphatic heterocycles. The second-order valence-electron chi connectivity index (χ2n) is 4.51. The van der Waals surface area contributed by atoms with E-state index in [4.69, 9.17) is 11.6 Å². The molecule has 20 heavy (non-hydrogen) atoms. The molecule has 4 nitrogen and oxygen atoms in total. The van der Waals surface area contributed by atoms with Crippen LogP contribution in [0.5, 0.6) is 0 Å². The van der Waals surface area contributed by atoms with Gasteiger partial charge < -0.3 is 9.88 Å². The van der Waals surface area contributed by atoms with E-state index in [1.165, 1.54) is 0 Å². The molecule has 0 atom stereocenters. The topological polar surface area (TPSA) is 42.7 Å². The number of anilines is 1. The Morgan fingerprint density at radius 2 is 2.25 bits per heavy atom. The molecule has 1 aromatic carbocycles. The van der Waals surface area contributed by atoms with Gasteiger partial charge >= 0.3 is 0 Å². The summed E-state index contributed by atoms with van der Waals surface area (Å²) in [6.45, 7) is 3.78. The Morgan fingerprint density at radius 1 is 1.35 bits per heavy atom. The summed E-state index contributed by atoms with van der Waals surface area (Å²) >= 11 is 7.89. The van der Waals surface area contributed by atoms with Crippen LogP contribution in [-0.4, -0.2) is 14.5 Å². The van der Waals surface area contributed by atoms with Crippen molar-refractivity contribution >= 4 is 38.8 Å². The Bertz CT molecular complexity index is 719. The maximum absolute atomic E-state index is 6.28. The summed E-state index contributed by atoms with van der Waals surface area (Å²) in [5.74, 6) is 1.01. The lowest BCUT2D eigenvalue weighted by Gasteiger charge is -2.10. The average Bonchev–Trinajstić information content (AvgIpc) is 3.07. The number of aryl methyl sites for hydroxylation is 1. The van der Waals surface area contributed by atoms with E-state index in [1.807, 2.05) is 30.0 Å². The quantitative estimate of drug-likeness (QED) is 0.769. The number of fused-ring (bicyclic) bond motifs is 1. The number of benzene rings is 1. The van der Waals surface area contributed by atoms with Crippen molar-refractivity contribution < 1.29 is 0 Å². The SMILES string of the molecule is CCCn1ccnc1CNc1c(Cl)ccc2scnc12. The number of aromatic nitrogens is 3. The third-order valence-corrected chi connectivity index (χ3v) is 4.25. The Kier molecular flexibility index (Phi) is 3.89. The van der Waals surface area contributed by atoms with Crippen LogP contribution in [0, 0.1) is 0 Å². The maximum atomic E-state index is 6.28. The number of halogens is 1. The van der Waals surface area contributed by atoms with Gasteiger partial charge in [0.15, 0.2) is 0 Å². The standard InChI is InChI=1S/C14H15ClN4S/c1-2-6-19-7-5-16-12(19)8-17-13-10(15)3-4-11-14(13)18-9-20-11/h3-5,7,9,17H,2,6,8H2,1H3. The third-order valence-electron chi connectivity index (χ3n) is 3.14. The molecule has 2 heterocycles. The molecule has 0 amide bonds. The van der Waals surface area contributed by atoms with Gasteiger partial charge in [-0.3, -0.25) is 0 Å². The van der Waals surface area contributed by atoms with Crippen LogP contribution in [0.2, 0.25) is 5.02 Å². The van der Waals surface area contributed by atoms with Gasteiger partial charge in [-0.25, -0.2) is 9.97 Å². The first-order valence-electron chi connectivity index (χ1n) is 6.55. The number of hydrogen-bond donors (Lipinski definition) is 1. The molecular formula is C14H15ClN4S. The number of hydrogen-bond acceptors (Lipinski definition) is 4. The van der Waals surface area contributed by atoms with Gasteiger partial charge in [0.05, 0.1) is 27.5 Å². The lowest BCUT2D eigenvalue weighted by molar-refractivity contribution is 0.644. The van der Waals surface area contributed by atoms with Gasteiger partial charge in [0.25, 0.3) is 0 Å². The third kappa shape index (κ3) is 2.51. The summed E-state index contributed by atoms with van der Waals surface area (Å²) in [7, 11) is 0. The molecule has 0 radical (unpaired) electrons. The minimum atomic E-state index is 0.642. The van der Waals surface area contributed by atoms with Crippen molar-refractivity contribution in [2.24, 2.45) is 0 Å². The van der Waals surface area contributed by atoms with Crippen LogP contribution >= 0.6 is 22.9 Å². The molecule has 1 N–H and O–H groups in total. The molecule has 0 fully saturated rings. The van der Waals surface area contributed by atoms with E-state index in [0.717, 1.165) is 34.7 Å². The van der Waals surface area contributed by atoms with Crippen molar-refractivity contribution in [3.8, 4) is 0 Å². The molecule has 104 valence electrons. The highest BCUT2D eigenvalue weighted by molar-refractivity contribution is 7.16. The van der Waals surface area contributed by atoms with Gasteiger partial charge in [0.2, 0.25) is 0 Å². The first kappa shape index (κ1) is 13.4. The number of imidazole rings is 1. The van der Waals surface area contributed by atoms with Crippen LogP contribution in [-0.2, 0) is 13.1 Å². The summed E-state index contributed by atoms with van der Waals surface area (Å²) in [5.41, 5.74) is 3.65. The van der Waals surface area contributed by atoms with Crippen molar-refractivity contribution in [1.82, 2.24) is 14.5 Å². The van der Waals surface area contributed by atoms with Gasteiger partial charge in [0, 0.05) is 18.9 Å². The van der Waals surface area contributed by atoms with Crippen LogP contribution in [0.1, 0.15) is 19.2 Å². The summed E-state index contributed by atoms with van der Waals surface area (Å²) in [6, 6.07) is 3.90. The first-order valence-corrected chi connectivity index (χ1v) is 7.81. The van der Waals surface area contributed by atoms with Crippen molar-refractivity contribution in [3.05, 3.63) is 40.9 Å². The van der Waals surface area contributed by atoms with Gasteiger partial charge in [-0.2, -0.15) is 0 Å². The second kappa shape index (κ2) is 5.81. The number of rotatable bonds is 5. The molecule has 0 bridgehead atoms. The van der Waals surface area contributed by atoms with E-state index in [0.29, 0.717) is 11.6 Å². The van der Waals surface area contributed by atoms with E-state index < -0.39 is 0 Å². The summed E-state index contributed by atoms with van der Waals surface area (Å²) in [5, 5.41) is 4.06. The van der Waals surface area contributed by atoms with E-state index >= 15 is 0 Å². The molecule has 0 aliphatic rings. The molecule has 2 aromatic heterocycles. The van der Waals surface area contributed by atoms with Crippen molar-refractivity contribution in [3.63, 3.8) is 0 Å². The highest BCUT2D eigenvalue weighted by Gasteiger charge is 2.10. The van der Waals surface area contributed by atoms with E-state index in [1.54, 1.807) is 11.3 Å². The fourth-order valence-corrected chi connectivity index (χ4v) is 3.10. The maximum Gasteiger partial charge on any atom is 0.128 e. The van der Waals surface area contributed by atoms with Gasteiger partial charge in [-0.05, 0) is 18.6 Å². The van der Waals surface area contributed by atoms with Crippen molar-refractivity contribution in [2.75, 3.05) is 5.32 Å². The predicted octanol–water partition coefficient (Wildman–Crippen LogP) is 4.17. The number of thiazole rings is 1. The van der Waals surface area contributed by atoms with Crippen molar-refractivity contribution in [2.45, 2.75) is 26.4 Å². The van der Waals surface area contributed by atoms with Crippen molar-refractivity contribution in [1.29, 1.82) is 0 Å². The van der Waals surface area contributed by atoms with Gasteiger partial charge in [-0.15, -0.1) is 11.3 Å². The molecule has 0 spiro atoms. The summed E-state index contributed by atoms with van der Waals surface area (Å²) in [4.78, 5) is 8.77. The smallest absolute Gasteiger partial charge is 0.128 e. The van der Waals surface area contributed by atoms with Crippen LogP contribution < -0.4 is 5.32 Å². The zero-order valence-corrected chi connectivity index (χ0v) is 12.7. The van der Waals surface area contributed by atoms with E-state index in [2.05, 4.69) is 26.8 Å². The van der Waals surface area contributed by atoms with Crippen LogP contribution in [0.15, 0.2) is 30.0 Å². The average molecular weight is 307 g/mol. The van der Waals surface area contributed by atoms with Gasteiger partial charge in [0.1, 0.15) is 11.3 Å². The highest BCUT2D eigenvalue weighted by Crippen LogP contribution is 2.32. The minimum Gasteiger partial charge on any atom is -0.375 e. The number of nitrogens with zero attached hydrogens (tertiary/aromatic N) is 3. The first-order chi connectivity index (χ1) is 9.79. The van der Waals surface area contributed by atoms with E-state index in [-0.39, 0.29) is 0 Å². The molecule has 3 rings (SSSR count). The zero-order chi connectivity index (χ0) is 13.9. The zero-order valence-electron chi connectivity index (χ0n) is 11.1. The van der Waals surface area contributed by atoms with Crippen LogP contribution in [0.3, 0.4) is 0 Å². The lowest BCUT2D eigenvalue weighted by Crippen LogP contribution is -2.08. The van der Waals surface area contributed by atoms with Crippen LogP contribution in [0.25, 0.3) is 10.2 Å². The Hall–Kier alpha value is -1.59. The largest absolute Gasteiger partial charge is 0.375 e. The molecule has 3 aromatic rings.